The first kappa shape index (κ1) is 76.7. The first-order chi connectivity index (χ1) is 47.2. The summed E-state index contributed by atoms with van der Waals surface area (Å²) in [5.41, 5.74) is -0.482. The van der Waals surface area contributed by atoms with E-state index in [9.17, 15) is 64.7 Å². The van der Waals surface area contributed by atoms with Crippen LogP contribution < -0.4 is 0 Å². The largest absolute Gasteiger partial charge is 0.459 e. The fourth-order valence-electron chi connectivity index (χ4n) is 18.1. The number of alkyl halides is 6. The van der Waals surface area contributed by atoms with Crippen molar-refractivity contribution in [2.24, 2.45) is 70.5 Å². The summed E-state index contributed by atoms with van der Waals surface area (Å²) in [6.07, 6.45) is -6.44. The minimum absolute atomic E-state index is 0.0347. The molecule has 16 fully saturated rings. The highest BCUT2D eigenvalue weighted by atomic mass is 19.4. The van der Waals surface area contributed by atoms with E-state index in [-0.39, 0.29) is 86.0 Å². The van der Waals surface area contributed by atoms with Crippen LogP contribution in [0.2, 0.25) is 0 Å². The van der Waals surface area contributed by atoms with E-state index in [0.717, 1.165) is 43.9 Å². The summed E-state index contributed by atoms with van der Waals surface area (Å²) in [6.45, 7) is 25.6. The van der Waals surface area contributed by atoms with Crippen molar-refractivity contribution in [1.82, 2.24) is 0 Å². The second-order valence-corrected chi connectivity index (χ2v) is 32.3. The van der Waals surface area contributed by atoms with Crippen LogP contribution in [0.25, 0.3) is 0 Å². The fraction of sp³-hybridized carbons (Fsp3) is 0.836. The highest BCUT2D eigenvalue weighted by Crippen LogP contribution is 2.61. The van der Waals surface area contributed by atoms with Crippen molar-refractivity contribution in [3.8, 4) is 0 Å². The lowest BCUT2D eigenvalue weighted by Gasteiger charge is -2.59. The molecule has 22 nitrogen and oxygen atoms in total. The third kappa shape index (κ3) is 15.7. The molecule has 0 amide bonds. The van der Waals surface area contributed by atoms with E-state index in [4.69, 9.17) is 56.8 Å². The third-order valence-corrected chi connectivity index (χ3v) is 24.8. The van der Waals surface area contributed by atoms with Gasteiger partial charge in [-0.25, -0.2) is 19.2 Å². The van der Waals surface area contributed by atoms with Crippen molar-refractivity contribution < 1.29 is 131 Å². The van der Waals surface area contributed by atoms with E-state index in [1.807, 2.05) is 13.8 Å². The molecule has 0 aromatic heterocycles. The molecule has 8 bridgehead atoms. The van der Waals surface area contributed by atoms with Gasteiger partial charge in [0.1, 0.15) is 23.4 Å². The number of carbonyl (C=O) groups is 8. The summed E-state index contributed by atoms with van der Waals surface area (Å²) in [6, 6.07) is 0. The van der Waals surface area contributed by atoms with Gasteiger partial charge >= 0.3 is 60.1 Å². The van der Waals surface area contributed by atoms with Crippen LogP contribution in [0.5, 0.6) is 0 Å². The SMILES string of the molecule is C=C(C)C(=O)OC1(C)C2CC3CC(C2)CC1C3.C=C(C)C(=O)O[C@@H]1C(=O)O[C@@H]2[C@H]3OC4(CCC(C(=O)OC(C)C(F)(F)F)CC4)O[C@H]3O[C@@H]21.CCC(C)(C)C(=O)O[C@@H]1C(=O)O[C@@H]2[C@H]3OC4(CCC(C(=O)OC(C)C(F)(F)F)CC4)O[C@H]3O[C@@H]21.CCC(C)C(=O)OC1(C)C2CC3CC(C2)CC1C3. The molecule has 0 radical (unpaired) electrons. The van der Waals surface area contributed by atoms with Crippen molar-refractivity contribution in [2.75, 3.05) is 0 Å². The van der Waals surface area contributed by atoms with E-state index >= 15 is 0 Å². The average Bonchev–Trinajstić information content (AvgIpc) is 1.70. The van der Waals surface area contributed by atoms with Gasteiger partial charge in [0.2, 0.25) is 12.2 Å². The zero-order chi connectivity index (χ0) is 73.6. The molecule has 0 aromatic rings. The summed E-state index contributed by atoms with van der Waals surface area (Å²) in [5, 5.41) is 0. The summed E-state index contributed by atoms with van der Waals surface area (Å²) < 4.78 is 154. The summed E-state index contributed by atoms with van der Waals surface area (Å²) in [7, 11) is 0. The van der Waals surface area contributed by atoms with Crippen molar-refractivity contribution in [2.45, 2.75) is 313 Å². The molecule has 6 heterocycles. The Morgan fingerprint density at radius 2 is 0.871 bits per heavy atom. The Morgan fingerprint density at radius 1 is 0.515 bits per heavy atom. The molecule has 16 rings (SSSR count). The summed E-state index contributed by atoms with van der Waals surface area (Å²) in [4.78, 5) is 96.9. The molecule has 101 heavy (non-hydrogen) atoms. The van der Waals surface area contributed by atoms with E-state index in [1.54, 1.807) is 20.8 Å². The highest BCUT2D eigenvalue weighted by Gasteiger charge is 2.69. The maximum Gasteiger partial charge on any atom is 0.425 e. The van der Waals surface area contributed by atoms with Crippen LogP contribution in [0.4, 0.5) is 26.3 Å². The molecule has 6 saturated heterocycles. The van der Waals surface area contributed by atoms with E-state index < -0.39 is 151 Å². The predicted molar refractivity (Wildman–Crippen MR) is 338 cm³/mol. The number of hydrogen-bond acceptors (Lipinski definition) is 22. The molecule has 10 aliphatic carbocycles. The van der Waals surface area contributed by atoms with Crippen LogP contribution >= 0.6 is 0 Å². The van der Waals surface area contributed by atoms with E-state index in [0.29, 0.717) is 35.7 Å². The zero-order valence-electron chi connectivity index (χ0n) is 59.6. The molecule has 6 aliphatic heterocycles. The lowest BCUT2D eigenvalue weighted by atomic mass is 9.50. The van der Waals surface area contributed by atoms with Crippen LogP contribution in [0.1, 0.15) is 205 Å². The van der Waals surface area contributed by atoms with Crippen molar-refractivity contribution in [3.63, 3.8) is 0 Å². The van der Waals surface area contributed by atoms with E-state index in [2.05, 4.69) is 43.4 Å². The lowest BCUT2D eigenvalue weighted by molar-refractivity contribution is -0.251. The fourth-order valence-corrected chi connectivity index (χ4v) is 18.1. The Hall–Kier alpha value is -5.42. The smallest absolute Gasteiger partial charge is 0.425 e. The Morgan fingerprint density at radius 3 is 1.21 bits per heavy atom. The second kappa shape index (κ2) is 28.8. The molecule has 2 spiro atoms. The number of halogens is 6. The Kier molecular flexibility index (Phi) is 21.9. The van der Waals surface area contributed by atoms with Gasteiger partial charge in [-0.1, -0.05) is 33.9 Å². The molecule has 16 aliphatic rings. The summed E-state index contributed by atoms with van der Waals surface area (Å²) in [5.74, 6) is -2.14. The van der Waals surface area contributed by atoms with Gasteiger partial charge in [0, 0.05) is 36.8 Å². The maximum atomic E-state index is 12.7. The Labute approximate surface area is 584 Å². The first-order valence-electron chi connectivity index (χ1n) is 36.3. The van der Waals surface area contributed by atoms with Crippen molar-refractivity contribution in [1.29, 1.82) is 0 Å². The van der Waals surface area contributed by atoms with Crippen LogP contribution in [-0.4, -0.2) is 157 Å². The quantitative estimate of drug-likeness (QED) is 0.0677. The molecule has 3 unspecified atom stereocenters. The maximum absolute atomic E-state index is 12.7. The average molecular weight is 1440 g/mol. The Balaban J connectivity index is 0.000000141. The Bertz CT molecular complexity index is 3110. The van der Waals surface area contributed by atoms with Gasteiger partial charge < -0.3 is 66.3 Å². The topological polar surface area (TPSA) is 266 Å². The van der Waals surface area contributed by atoms with Crippen LogP contribution in [0, 0.1) is 70.5 Å². The highest BCUT2D eigenvalue weighted by molar-refractivity contribution is 5.90. The van der Waals surface area contributed by atoms with Crippen LogP contribution in [0.3, 0.4) is 0 Å². The second-order valence-electron chi connectivity index (χ2n) is 32.3. The number of esters is 8. The molecule has 0 N–H and O–H groups in total. The zero-order valence-corrected chi connectivity index (χ0v) is 59.6. The predicted octanol–water partition coefficient (Wildman–Crippen LogP) is 11.8. The number of fused-ring (bicyclic) bond motifs is 6. The van der Waals surface area contributed by atoms with Gasteiger partial charge in [0.05, 0.1) is 23.2 Å². The molecule has 28 heteroatoms. The number of rotatable bonds is 14. The number of ether oxygens (including phenoxy) is 14. The van der Waals surface area contributed by atoms with Gasteiger partial charge in [-0.2, -0.15) is 26.3 Å². The van der Waals surface area contributed by atoms with Crippen molar-refractivity contribution >= 4 is 47.8 Å². The number of carbonyl (C=O) groups excluding carboxylic acids is 8. The minimum Gasteiger partial charge on any atom is -0.459 e. The number of hydrogen-bond donors (Lipinski definition) is 0. The van der Waals surface area contributed by atoms with E-state index in [1.165, 1.54) is 71.1 Å². The van der Waals surface area contributed by atoms with Crippen molar-refractivity contribution in [3.05, 3.63) is 24.3 Å². The normalized spacial score (nSPS) is 41.6. The third-order valence-electron chi connectivity index (χ3n) is 24.8. The van der Waals surface area contributed by atoms with Gasteiger partial charge in [-0.15, -0.1) is 0 Å². The molecule has 0 aromatic carbocycles. The van der Waals surface area contributed by atoms with Crippen LogP contribution in [-0.2, 0) is 105 Å². The molecular formula is C73H100F6O22. The van der Waals surface area contributed by atoms with Gasteiger partial charge in [0.25, 0.3) is 0 Å². The van der Waals surface area contributed by atoms with Gasteiger partial charge in [0.15, 0.2) is 60.8 Å². The first-order valence-corrected chi connectivity index (χ1v) is 36.3. The summed E-state index contributed by atoms with van der Waals surface area (Å²) >= 11 is 0. The van der Waals surface area contributed by atoms with Gasteiger partial charge in [-0.05, 0) is 205 Å². The van der Waals surface area contributed by atoms with Crippen LogP contribution in [0.15, 0.2) is 24.3 Å². The molecular weight excluding hydrogens is 1340 g/mol. The minimum atomic E-state index is -4.62. The lowest BCUT2D eigenvalue weighted by Crippen LogP contribution is -2.58. The van der Waals surface area contributed by atoms with Gasteiger partial charge in [-0.3, -0.25) is 19.2 Å². The molecule has 10 saturated carbocycles. The molecule has 13 atom stereocenters. The monoisotopic (exact) mass is 1440 g/mol. The standard InChI is InChI=1S/C22H29F3O9.C20H23F3O9.C16H26O2.C15H22O2/c1-5-20(3,4)19(28)32-14-12-13(30-17(14)27)15-18(31-12)34-21(33-15)8-6-11(7-9-21)16(26)29-10(2)22(23,24)25;1-8(2)15(24)29-13-11-12(28-17(13)26)14-18(30-11)32-19(31-14)6-4-10(5-7-19)16(25)27-9(3)20(21,22)23;1-4-10(2)15(17)18-16(3)13-6-11-5-12(8-13)9-14(16)7-11;1-9(2)14(16)17-15(3)12-5-10-4-11(7-12)8-13(15)6-10/h10-15,18H,5-9H2,1-4H3;9-14,18H,1,4-7H2,2-3H3;10-14H,4-9H2,1-3H3;10-13H,1,4-8H2,2-3H3/t10?,11?,12-,13-,14-,15+,18+,21?;9?,10?,11-,12-,13-,14+,18+,19?;;/m00../s1. The molecule has 566 valence electrons.